The minimum Gasteiger partial charge on any atom is -0.482 e. The van der Waals surface area contributed by atoms with E-state index in [-0.39, 0.29) is 6.32 Å². The summed E-state index contributed by atoms with van der Waals surface area (Å²) in [5.41, 5.74) is 0. The molecule has 2 atom stereocenters. The molecule has 0 amide bonds. The summed E-state index contributed by atoms with van der Waals surface area (Å²) in [5, 5.41) is 17.3. The van der Waals surface area contributed by atoms with Gasteiger partial charge in [0.15, 0.2) is 0 Å². The van der Waals surface area contributed by atoms with E-state index in [0.29, 0.717) is 19.2 Å². The highest BCUT2D eigenvalue weighted by molar-refractivity contribution is 6.43. The number of rotatable bonds is 8. The summed E-state index contributed by atoms with van der Waals surface area (Å²) >= 11 is 0. The molecule has 81 valence electrons. The lowest BCUT2D eigenvalue weighted by Crippen LogP contribution is -2.14. The molecule has 0 aliphatic heterocycles. The summed E-state index contributed by atoms with van der Waals surface area (Å²) in [6.07, 6.45) is 1.89. The first-order valence-electron chi connectivity index (χ1n) is 4.98. The lowest BCUT2D eigenvalue weighted by atomic mass is 9.61. The number of hydrogen-bond acceptors (Lipinski definition) is 2. The lowest BCUT2D eigenvalue weighted by molar-refractivity contribution is -0.141. The van der Waals surface area contributed by atoms with E-state index >= 15 is 0 Å². The van der Waals surface area contributed by atoms with E-state index in [4.69, 9.17) is 18.1 Å². The summed E-state index contributed by atoms with van der Waals surface area (Å²) in [4.78, 5) is 21.0. The van der Waals surface area contributed by atoms with Gasteiger partial charge in [-0.1, -0.05) is 26.0 Å². The SMILES string of the molecule is [B]CC(CCC[B]C(C)C(=O)O)C(=O)O. The van der Waals surface area contributed by atoms with Crippen LogP contribution in [0, 0.1) is 5.92 Å². The van der Waals surface area contributed by atoms with E-state index in [1.807, 2.05) is 0 Å². The maximum Gasteiger partial charge on any atom is 0.305 e. The summed E-state index contributed by atoms with van der Waals surface area (Å²) in [7, 11) is 6.96. The normalized spacial score (nSPS) is 14.2. The molecular weight excluding hydrogens is 194 g/mol. The molecule has 6 heteroatoms. The van der Waals surface area contributed by atoms with Gasteiger partial charge in [0.05, 0.1) is 7.85 Å². The van der Waals surface area contributed by atoms with Crippen molar-refractivity contribution in [2.45, 2.75) is 38.2 Å². The smallest absolute Gasteiger partial charge is 0.305 e. The number of carboxylic acids is 2. The average Bonchev–Trinajstić information content (AvgIpc) is 2.16. The van der Waals surface area contributed by atoms with Gasteiger partial charge in [-0.05, 0) is 6.42 Å². The average molecular weight is 209 g/mol. The van der Waals surface area contributed by atoms with Crippen molar-refractivity contribution in [1.82, 2.24) is 0 Å². The predicted octanol–water partition coefficient (Wildman–Crippen LogP) is 1.07. The molecule has 0 aromatic carbocycles. The quantitative estimate of drug-likeness (QED) is 0.463. The van der Waals surface area contributed by atoms with E-state index < -0.39 is 23.7 Å². The van der Waals surface area contributed by atoms with Crippen LogP contribution in [0.25, 0.3) is 0 Å². The summed E-state index contributed by atoms with van der Waals surface area (Å²) < 4.78 is 0. The van der Waals surface area contributed by atoms with Gasteiger partial charge in [0.25, 0.3) is 5.97 Å². The fourth-order valence-electron chi connectivity index (χ4n) is 1.18. The monoisotopic (exact) mass is 209 g/mol. The van der Waals surface area contributed by atoms with Crippen molar-refractivity contribution in [3.05, 3.63) is 0 Å². The molecule has 0 heterocycles. The van der Waals surface area contributed by atoms with Gasteiger partial charge in [-0.15, -0.1) is 0 Å². The van der Waals surface area contributed by atoms with Crippen LogP contribution in [-0.4, -0.2) is 37.3 Å². The number of aliphatic carboxylic acids is 2. The first-order valence-corrected chi connectivity index (χ1v) is 4.98. The van der Waals surface area contributed by atoms with E-state index in [9.17, 15) is 9.59 Å². The maximum atomic E-state index is 10.6. The molecule has 3 radical (unpaired) electrons. The van der Waals surface area contributed by atoms with Crippen LogP contribution in [-0.2, 0) is 9.59 Å². The molecule has 2 N–H and O–H groups in total. The highest BCUT2D eigenvalue weighted by Gasteiger charge is 2.15. The molecule has 0 saturated heterocycles. The molecule has 4 nitrogen and oxygen atoms in total. The Hall–Kier alpha value is -0.930. The molecule has 0 rings (SSSR count). The number of carbonyl (C=O) groups is 2. The van der Waals surface area contributed by atoms with Crippen molar-refractivity contribution in [1.29, 1.82) is 0 Å². The minimum atomic E-state index is -0.885. The van der Waals surface area contributed by atoms with Crippen LogP contribution in [0.1, 0.15) is 19.8 Å². The van der Waals surface area contributed by atoms with Gasteiger partial charge < -0.3 is 10.2 Å². The molecule has 0 fully saturated rings. The molecule has 2 unspecified atom stereocenters. The van der Waals surface area contributed by atoms with Gasteiger partial charge in [-0.3, -0.25) is 9.59 Å². The van der Waals surface area contributed by atoms with Gasteiger partial charge in [-0.25, -0.2) is 0 Å². The van der Waals surface area contributed by atoms with Crippen LogP contribution in [0.15, 0.2) is 0 Å². The molecule has 0 aromatic heterocycles. The van der Waals surface area contributed by atoms with Crippen LogP contribution in [0.5, 0.6) is 0 Å². The molecule has 15 heavy (non-hydrogen) atoms. The third kappa shape index (κ3) is 6.20. The standard InChI is InChI=1S/C9H15B2O4/c1-6(8(12)13)11-4-2-3-7(5-10)9(14)15/h6-7H,2-5H2,1H3,(H,12,13)(H,14,15). The van der Waals surface area contributed by atoms with Crippen molar-refractivity contribution < 1.29 is 19.8 Å². The Kier molecular flexibility index (Phi) is 6.92. The molecular formula is C9H15B2O4. The van der Waals surface area contributed by atoms with Crippen LogP contribution >= 0.6 is 0 Å². The first-order chi connectivity index (χ1) is 6.99. The summed E-state index contributed by atoms with van der Waals surface area (Å²) in [6, 6.07) is 0. The highest BCUT2D eigenvalue weighted by atomic mass is 16.4. The molecule has 0 saturated carbocycles. The predicted molar refractivity (Wildman–Crippen MR) is 58.5 cm³/mol. The van der Waals surface area contributed by atoms with E-state index in [1.165, 1.54) is 0 Å². The van der Waals surface area contributed by atoms with Gasteiger partial charge in [0, 0.05) is 11.7 Å². The Morgan fingerprint density at radius 2 is 1.93 bits per heavy atom. The number of hydrogen-bond donors (Lipinski definition) is 2. The zero-order valence-electron chi connectivity index (χ0n) is 8.85. The number of carboxylic acid groups (broad SMARTS) is 2. The summed E-state index contributed by atoms with van der Waals surface area (Å²) in [5.74, 6) is -2.74. The Morgan fingerprint density at radius 1 is 1.33 bits per heavy atom. The van der Waals surface area contributed by atoms with Crippen LogP contribution in [0.2, 0.25) is 18.5 Å². The topological polar surface area (TPSA) is 74.6 Å². The fraction of sp³-hybridized carbons (Fsp3) is 0.778. The maximum absolute atomic E-state index is 10.6. The lowest BCUT2D eigenvalue weighted by Gasteiger charge is -2.09. The third-order valence-corrected chi connectivity index (χ3v) is 2.30. The van der Waals surface area contributed by atoms with Crippen LogP contribution in [0.4, 0.5) is 0 Å². The Balaban J connectivity index is 3.61. The zero-order chi connectivity index (χ0) is 11.8. The van der Waals surface area contributed by atoms with Gasteiger partial charge in [-0.2, -0.15) is 0 Å². The van der Waals surface area contributed by atoms with Crippen molar-refractivity contribution in [2.75, 3.05) is 0 Å². The van der Waals surface area contributed by atoms with Crippen LogP contribution in [0.3, 0.4) is 0 Å². The van der Waals surface area contributed by atoms with Gasteiger partial charge >= 0.3 is 5.97 Å². The van der Waals surface area contributed by atoms with E-state index in [1.54, 1.807) is 14.2 Å². The Morgan fingerprint density at radius 3 is 2.33 bits per heavy atom. The minimum absolute atomic E-state index is 0.129. The molecule has 0 bridgehead atoms. The second-order valence-electron chi connectivity index (χ2n) is 3.56. The third-order valence-electron chi connectivity index (χ3n) is 2.30. The fourth-order valence-corrected chi connectivity index (χ4v) is 1.18. The van der Waals surface area contributed by atoms with Crippen molar-refractivity contribution in [3.8, 4) is 0 Å². The molecule has 0 aliphatic carbocycles. The van der Waals surface area contributed by atoms with Gasteiger partial charge in [0.1, 0.15) is 7.28 Å². The van der Waals surface area contributed by atoms with E-state index in [2.05, 4.69) is 0 Å². The molecule has 0 aromatic rings. The highest BCUT2D eigenvalue weighted by Crippen LogP contribution is 2.14. The van der Waals surface area contributed by atoms with E-state index in [0.717, 1.165) is 0 Å². The zero-order valence-corrected chi connectivity index (χ0v) is 8.85. The second kappa shape index (κ2) is 7.37. The van der Waals surface area contributed by atoms with Crippen molar-refractivity contribution in [3.63, 3.8) is 0 Å². The Labute approximate surface area is 91.7 Å². The largest absolute Gasteiger partial charge is 0.482 e. The summed E-state index contributed by atoms with van der Waals surface area (Å²) in [6.45, 7) is 1.60. The van der Waals surface area contributed by atoms with Crippen LogP contribution < -0.4 is 0 Å². The Bertz CT molecular complexity index is 220. The van der Waals surface area contributed by atoms with Crippen molar-refractivity contribution in [2.24, 2.45) is 5.92 Å². The first kappa shape index (κ1) is 14.1. The van der Waals surface area contributed by atoms with Crippen molar-refractivity contribution >= 4 is 27.1 Å². The van der Waals surface area contributed by atoms with Gasteiger partial charge in [0.2, 0.25) is 0 Å². The molecule has 0 aliphatic rings. The molecule has 0 spiro atoms. The second-order valence-corrected chi connectivity index (χ2v) is 3.56.